The molecule has 0 aliphatic heterocycles. The molecule has 1 unspecified atom stereocenters. The van der Waals surface area contributed by atoms with Crippen molar-refractivity contribution in [2.24, 2.45) is 5.92 Å². The van der Waals surface area contributed by atoms with Crippen LogP contribution < -0.4 is 4.72 Å². The van der Waals surface area contributed by atoms with Crippen LogP contribution in [0.2, 0.25) is 0 Å². The van der Waals surface area contributed by atoms with Gasteiger partial charge in [-0.3, -0.25) is 9.59 Å². The first-order chi connectivity index (χ1) is 12.8. The molecule has 7 nitrogen and oxygen atoms in total. The molecule has 27 heavy (non-hydrogen) atoms. The number of carboxylic acids is 1. The maximum Gasteiger partial charge on any atom is 0.308 e. The van der Waals surface area contributed by atoms with Gasteiger partial charge in [0.25, 0.3) is 0 Å². The molecular weight excluding hydrogens is 368 g/mol. The summed E-state index contributed by atoms with van der Waals surface area (Å²) in [6.45, 7) is 1.85. The SMILES string of the molecule is CC(CN(C(=O)CCc1ccc(S(=O)(=O)NC2CC2)cc1)C1CC1)C(=O)O. The van der Waals surface area contributed by atoms with E-state index in [1.165, 1.54) is 0 Å². The first kappa shape index (κ1) is 19.8. The lowest BCUT2D eigenvalue weighted by atomic mass is 10.1. The second kappa shape index (κ2) is 7.98. The zero-order valence-electron chi connectivity index (χ0n) is 15.4. The number of benzene rings is 1. The minimum atomic E-state index is -3.46. The number of carbonyl (C=O) groups excluding carboxylic acids is 1. The van der Waals surface area contributed by atoms with Gasteiger partial charge in [-0.25, -0.2) is 13.1 Å². The highest BCUT2D eigenvalue weighted by Gasteiger charge is 2.34. The minimum absolute atomic E-state index is 0.0438. The predicted octanol–water partition coefficient (Wildman–Crippen LogP) is 1.77. The molecule has 0 aromatic heterocycles. The Kier molecular flexibility index (Phi) is 5.86. The van der Waals surface area contributed by atoms with Crippen molar-refractivity contribution < 1.29 is 23.1 Å². The summed E-state index contributed by atoms with van der Waals surface area (Å²) in [4.78, 5) is 25.5. The Bertz CT molecular complexity index is 798. The van der Waals surface area contributed by atoms with Gasteiger partial charge < -0.3 is 10.0 Å². The van der Waals surface area contributed by atoms with E-state index >= 15 is 0 Å². The second-order valence-corrected chi connectivity index (χ2v) is 9.27. The summed E-state index contributed by atoms with van der Waals surface area (Å²) in [5, 5.41) is 9.08. The number of nitrogens with one attached hydrogen (secondary N) is 1. The van der Waals surface area contributed by atoms with Crippen molar-refractivity contribution in [3.63, 3.8) is 0 Å². The molecule has 2 aliphatic rings. The van der Waals surface area contributed by atoms with Gasteiger partial charge in [0.1, 0.15) is 0 Å². The van der Waals surface area contributed by atoms with Crippen LogP contribution in [0.3, 0.4) is 0 Å². The van der Waals surface area contributed by atoms with Crippen LogP contribution in [-0.2, 0) is 26.0 Å². The molecular formula is C19H26N2O5S. The summed E-state index contributed by atoms with van der Waals surface area (Å²) in [7, 11) is -3.46. The molecule has 1 atom stereocenters. The van der Waals surface area contributed by atoms with Crippen molar-refractivity contribution in [2.75, 3.05) is 6.54 Å². The molecule has 2 aliphatic carbocycles. The fraction of sp³-hybridized carbons (Fsp3) is 0.579. The summed E-state index contributed by atoms with van der Waals surface area (Å²) in [5.41, 5.74) is 0.885. The molecule has 2 saturated carbocycles. The maximum atomic E-state index is 12.5. The summed E-state index contributed by atoms with van der Waals surface area (Å²) in [5.74, 6) is -1.53. The second-order valence-electron chi connectivity index (χ2n) is 7.56. The Morgan fingerprint density at radius 2 is 1.81 bits per heavy atom. The van der Waals surface area contributed by atoms with E-state index in [1.54, 1.807) is 36.1 Å². The summed E-state index contributed by atoms with van der Waals surface area (Å²) < 4.78 is 27.0. The normalized spacial score (nSPS) is 18.1. The van der Waals surface area contributed by atoms with Crippen molar-refractivity contribution in [1.82, 2.24) is 9.62 Å². The molecule has 8 heteroatoms. The Morgan fingerprint density at radius 1 is 1.19 bits per heavy atom. The Balaban J connectivity index is 1.55. The first-order valence-electron chi connectivity index (χ1n) is 9.40. The monoisotopic (exact) mass is 394 g/mol. The Hall–Kier alpha value is -1.93. The number of amides is 1. The van der Waals surface area contributed by atoms with Crippen molar-refractivity contribution in [2.45, 2.75) is 62.4 Å². The molecule has 0 spiro atoms. The molecule has 1 amide bonds. The van der Waals surface area contributed by atoms with E-state index in [1.807, 2.05) is 0 Å². The lowest BCUT2D eigenvalue weighted by Gasteiger charge is -2.24. The summed E-state index contributed by atoms with van der Waals surface area (Å²) in [6.07, 6.45) is 4.42. The van der Waals surface area contributed by atoms with E-state index in [2.05, 4.69) is 4.72 Å². The number of carbonyl (C=O) groups is 2. The molecule has 3 rings (SSSR count). The number of carboxylic acid groups (broad SMARTS) is 1. The van der Waals surface area contributed by atoms with E-state index in [4.69, 9.17) is 5.11 Å². The number of nitrogens with zero attached hydrogens (tertiary/aromatic N) is 1. The molecule has 1 aromatic carbocycles. The average molecular weight is 394 g/mol. The topological polar surface area (TPSA) is 104 Å². The van der Waals surface area contributed by atoms with Crippen LogP contribution in [0.4, 0.5) is 0 Å². The predicted molar refractivity (Wildman–Crippen MR) is 99.6 cm³/mol. The van der Waals surface area contributed by atoms with Crippen LogP contribution in [-0.4, -0.2) is 48.9 Å². The zero-order chi connectivity index (χ0) is 19.6. The Morgan fingerprint density at radius 3 is 2.33 bits per heavy atom. The minimum Gasteiger partial charge on any atom is -0.481 e. The lowest BCUT2D eigenvalue weighted by molar-refractivity contribution is -0.143. The number of hydrogen-bond acceptors (Lipinski definition) is 4. The van der Waals surface area contributed by atoms with Crippen LogP contribution in [0.1, 0.15) is 44.6 Å². The van der Waals surface area contributed by atoms with Crippen molar-refractivity contribution >= 4 is 21.9 Å². The third-order valence-electron chi connectivity index (χ3n) is 4.96. The molecule has 1 aromatic rings. The largest absolute Gasteiger partial charge is 0.481 e. The van der Waals surface area contributed by atoms with Crippen LogP contribution >= 0.6 is 0 Å². The molecule has 0 bridgehead atoms. The van der Waals surface area contributed by atoms with Crippen molar-refractivity contribution in [3.8, 4) is 0 Å². The third kappa shape index (κ3) is 5.52. The van der Waals surface area contributed by atoms with E-state index in [0.29, 0.717) is 6.42 Å². The van der Waals surface area contributed by atoms with E-state index in [-0.39, 0.29) is 35.9 Å². The van der Waals surface area contributed by atoms with Gasteiger partial charge in [-0.15, -0.1) is 0 Å². The highest BCUT2D eigenvalue weighted by Crippen LogP contribution is 2.28. The van der Waals surface area contributed by atoms with Crippen LogP contribution in [0.15, 0.2) is 29.2 Å². The van der Waals surface area contributed by atoms with Gasteiger partial charge >= 0.3 is 5.97 Å². The quantitative estimate of drug-likeness (QED) is 0.629. The molecule has 2 N–H and O–H groups in total. The fourth-order valence-electron chi connectivity index (χ4n) is 2.93. The first-order valence-corrected chi connectivity index (χ1v) is 10.9. The smallest absolute Gasteiger partial charge is 0.308 e. The average Bonchev–Trinajstić information content (AvgIpc) is 3.52. The molecule has 2 fully saturated rings. The maximum absolute atomic E-state index is 12.5. The van der Waals surface area contributed by atoms with Gasteiger partial charge in [-0.1, -0.05) is 19.1 Å². The van der Waals surface area contributed by atoms with Crippen LogP contribution in [0.5, 0.6) is 0 Å². The van der Waals surface area contributed by atoms with Crippen LogP contribution in [0, 0.1) is 5.92 Å². The number of hydrogen-bond donors (Lipinski definition) is 2. The van der Waals surface area contributed by atoms with Gasteiger partial charge in [-0.2, -0.15) is 0 Å². The lowest BCUT2D eigenvalue weighted by Crippen LogP contribution is -2.38. The number of aliphatic carboxylic acids is 1. The molecule has 148 valence electrons. The van der Waals surface area contributed by atoms with Crippen LogP contribution in [0.25, 0.3) is 0 Å². The fourth-order valence-corrected chi connectivity index (χ4v) is 4.24. The highest BCUT2D eigenvalue weighted by molar-refractivity contribution is 7.89. The number of rotatable bonds is 10. The van der Waals surface area contributed by atoms with Gasteiger partial charge in [0.05, 0.1) is 10.8 Å². The van der Waals surface area contributed by atoms with E-state index in [0.717, 1.165) is 31.2 Å². The van der Waals surface area contributed by atoms with Crippen molar-refractivity contribution in [1.29, 1.82) is 0 Å². The summed E-state index contributed by atoms with van der Waals surface area (Å²) >= 11 is 0. The molecule has 0 radical (unpaired) electrons. The van der Waals surface area contributed by atoms with Crippen molar-refractivity contribution in [3.05, 3.63) is 29.8 Å². The van der Waals surface area contributed by atoms with E-state index < -0.39 is 21.9 Å². The van der Waals surface area contributed by atoms with Gasteiger partial charge in [-0.05, 0) is 49.8 Å². The molecule has 0 saturated heterocycles. The summed E-state index contributed by atoms with van der Waals surface area (Å²) in [6, 6.07) is 6.83. The van der Waals surface area contributed by atoms with Gasteiger partial charge in [0, 0.05) is 25.0 Å². The van der Waals surface area contributed by atoms with Gasteiger partial charge in [0.2, 0.25) is 15.9 Å². The zero-order valence-corrected chi connectivity index (χ0v) is 16.2. The number of aryl methyl sites for hydroxylation is 1. The van der Waals surface area contributed by atoms with Gasteiger partial charge in [0.15, 0.2) is 0 Å². The third-order valence-corrected chi connectivity index (χ3v) is 6.50. The number of sulfonamides is 1. The standard InChI is InChI=1S/C19H26N2O5S/c1-13(19(23)24)12-21(16-7-8-16)18(22)11-4-14-2-9-17(10-3-14)27(25,26)20-15-5-6-15/h2-3,9-10,13,15-16,20H,4-8,11-12H2,1H3,(H,23,24). The molecule has 0 heterocycles. The van der Waals surface area contributed by atoms with E-state index in [9.17, 15) is 18.0 Å². The Labute approximate surface area is 159 Å². The highest BCUT2D eigenvalue weighted by atomic mass is 32.2.